The third-order valence-electron chi connectivity index (χ3n) is 4.51. The fourth-order valence-electron chi connectivity index (χ4n) is 3.25. The highest BCUT2D eigenvalue weighted by atomic mass is 32.1. The molecule has 136 valence electrons. The fourth-order valence-corrected chi connectivity index (χ4v) is 4.14. The van der Waals surface area contributed by atoms with E-state index in [0.29, 0.717) is 6.54 Å². The molecule has 0 spiro atoms. The van der Waals surface area contributed by atoms with Crippen molar-refractivity contribution in [3.63, 3.8) is 0 Å². The van der Waals surface area contributed by atoms with Crippen LogP contribution in [0.4, 0.5) is 5.69 Å². The summed E-state index contributed by atoms with van der Waals surface area (Å²) >= 11 is 1.49. The molecule has 1 heterocycles. The lowest BCUT2D eigenvalue weighted by Crippen LogP contribution is -2.14. The summed E-state index contributed by atoms with van der Waals surface area (Å²) in [6, 6.07) is 14.9. The SMILES string of the molecule is CCN=c1scc(-c2cccc([N+](=O)[O-])c2)n1N=C1CCc2ccccc21. The summed E-state index contributed by atoms with van der Waals surface area (Å²) in [4.78, 5) is 16.1. The van der Waals surface area contributed by atoms with Gasteiger partial charge in [-0.1, -0.05) is 36.4 Å². The van der Waals surface area contributed by atoms with Crippen LogP contribution in [-0.2, 0) is 6.42 Å². The Labute approximate surface area is 160 Å². The molecule has 2 aromatic carbocycles. The van der Waals surface area contributed by atoms with E-state index in [1.165, 1.54) is 28.5 Å². The molecule has 4 rings (SSSR count). The molecule has 27 heavy (non-hydrogen) atoms. The molecular weight excluding hydrogens is 360 g/mol. The van der Waals surface area contributed by atoms with Gasteiger partial charge in [-0.25, -0.2) is 4.68 Å². The molecule has 0 saturated heterocycles. The first-order chi connectivity index (χ1) is 13.2. The van der Waals surface area contributed by atoms with E-state index < -0.39 is 0 Å². The van der Waals surface area contributed by atoms with Crippen LogP contribution in [0.1, 0.15) is 24.5 Å². The smallest absolute Gasteiger partial charge is 0.258 e. The summed E-state index contributed by atoms with van der Waals surface area (Å²) in [6.07, 6.45) is 1.86. The second kappa shape index (κ2) is 7.28. The first-order valence-corrected chi connectivity index (χ1v) is 9.67. The minimum absolute atomic E-state index is 0.0677. The lowest BCUT2D eigenvalue weighted by atomic mass is 10.1. The van der Waals surface area contributed by atoms with Crippen LogP contribution in [0.15, 0.2) is 64.0 Å². The van der Waals surface area contributed by atoms with Crippen LogP contribution in [0.2, 0.25) is 0 Å². The molecule has 1 aromatic heterocycles. The van der Waals surface area contributed by atoms with Crippen LogP contribution < -0.4 is 4.80 Å². The Kier molecular flexibility index (Phi) is 4.68. The van der Waals surface area contributed by atoms with Crippen molar-refractivity contribution in [3.8, 4) is 11.3 Å². The van der Waals surface area contributed by atoms with Crippen LogP contribution in [0.5, 0.6) is 0 Å². The van der Waals surface area contributed by atoms with Crippen LogP contribution in [0.25, 0.3) is 11.3 Å². The normalized spacial score (nSPS) is 15.3. The number of benzene rings is 2. The van der Waals surface area contributed by atoms with E-state index in [9.17, 15) is 10.1 Å². The first-order valence-electron chi connectivity index (χ1n) is 8.79. The topological polar surface area (TPSA) is 72.8 Å². The van der Waals surface area contributed by atoms with Crippen molar-refractivity contribution < 1.29 is 4.92 Å². The highest BCUT2D eigenvalue weighted by molar-refractivity contribution is 7.07. The molecular formula is C20H18N4O2S. The number of nitrogens with zero attached hydrogens (tertiary/aromatic N) is 4. The predicted molar refractivity (Wildman–Crippen MR) is 107 cm³/mol. The number of rotatable bonds is 4. The lowest BCUT2D eigenvalue weighted by Gasteiger charge is -2.06. The quantitative estimate of drug-likeness (QED) is 0.503. The second-order valence-electron chi connectivity index (χ2n) is 6.20. The first kappa shape index (κ1) is 17.4. The number of nitro groups is 1. The van der Waals surface area contributed by atoms with Gasteiger partial charge in [0, 0.05) is 35.2 Å². The van der Waals surface area contributed by atoms with Crippen LogP contribution >= 0.6 is 11.3 Å². The van der Waals surface area contributed by atoms with Crippen molar-refractivity contribution in [2.24, 2.45) is 10.1 Å². The largest absolute Gasteiger partial charge is 0.270 e. The molecule has 0 unspecified atom stereocenters. The van der Waals surface area contributed by atoms with Gasteiger partial charge in [-0.15, -0.1) is 11.3 Å². The van der Waals surface area contributed by atoms with Crippen molar-refractivity contribution in [3.05, 3.63) is 80.0 Å². The summed E-state index contributed by atoms with van der Waals surface area (Å²) in [6.45, 7) is 2.63. The Hall–Kier alpha value is -3.06. The van der Waals surface area contributed by atoms with Crippen molar-refractivity contribution in [2.75, 3.05) is 6.54 Å². The molecule has 1 aliphatic rings. The van der Waals surface area contributed by atoms with Gasteiger partial charge in [-0.05, 0) is 25.3 Å². The highest BCUT2D eigenvalue weighted by Crippen LogP contribution is 2.26. The zero-order valence-electron chi connectivity index (χ0n) is 14.8. The van der Waals surface area contributed by atoms with Gasteiger partial charge < -0.3 is 0 Å². The van der Waals surface area contributed by atoms with Crippen LogP contribution in [-0.4, -0.2) is 21.9 Å². The number of thiazole rings is 1. The van der Waals surface area contributed by atoms with Gasteiger partial charge in [0.25, 0.3) is 5.69 Å². The van der Waals surface area contributed by atoms with Gasteiger partial charge in [-0.2, -0.15) is 5.10 Å². The van der Waals surface area contributed by atoms with Gasteiger partial charge in [0.2, 0.25) is 4.80 Å². The van der Waals surface area contributed by atoms with E-state index in [1.807, 2.05) is 35.2 Å². The molecule has 3 aromatic rings. The molecule has 0 bridgehead atoms. The number of aryl methyl sites for hydroxylation is 1. The molecule has 1 aliphatic carbocycles. The maximum atomic E-state index is 11.1. The Balaban J connectivity index is 1.87. The van der Waals surface area contributed by atoms with E-state index >= 15 is 0 Å². The minimum atomic E-state index is -0.378. The molecule has 0 N–H and O–H groups in total. The van der Waals surface area contributed by atoms with Gasteiger partial charge in [0.15, 0.2) is 0 Å². The number of non-ortho nitro benzene ring substituents is 1. The molecule has 0 radical (unpaired) electrons. The third kappa shape index (κ3) is 3.33. The number of fused-ring (bicyclic) bond motifs is 1. The van der Waals surface area contributed by atoms with E-state index in [0.717, 1.165) is 34.6 Å². The molecule has 0 atom stereocenters. The van der Waals surface area contributed by atoms with Crippen LogP contribution in [0.3, 0.4) is 0 Å². The molecule has 0 amide bonds. The number of aromatic nitrogens is 1. The lowest BCUT2D eigenvalue weighted by molar-refractivity contribution is -0.384. The molecule has 7 heteroatoms. The Bertz CT molecular complexity index is 1110. The zero-order chi connectivity index (χ0) is 18.8. The van der Waals surface area contributed by atoms with E-state index in [2.05, 4.69) is 17.1 Å². The Morgan fingerprint density at radius 2 is 2.04 bits per heavy atom. The van der Waals surface area contributed by atoms with Crippen molar-refractivity contribution in [2.45, 2.75) is 19.8 Å². The summed E-state index contributed by atoms with van der Waals surface area (Å²) in [5.74, 6) is 0. The standard InChI is InChI=1S/C20H18N4O2S/c1-2-21-20-23(22-18-11-10-14-6-3-4-9-17(14)18)19(13-27-20)15-7-5-8-16(12-15)24(25)26/h3-9,12-13H,2,10-11H2,1H3. The third-order valence-corrected chi connectivity index (χ3v) is 5.37. The van der Waals surface area contributed by atoms with Gasteiger partial charge in [0.05, 0.1) is 16.3 Å². The predicted octanol–water partition coefficient (Wildman–Crippen LogP) is 4.24. The van der Waals surface area contributed by atoms with Gasteiger partial charge in [-0.3, -0.25) is 15.1 Å². The van der Waals surface area contributed by atoms with Gasteiger partial charge in [0.1, 0.15) is 0 Å². The average Bonchev–Trinajstić information content (AvgIpc) is 3.27. The maximum absolute atomic E-state index is 11.1. The monoisotopic (exact) mass is 378 g/mol. The molecule has 0 saturated carbocycles. The maximum Gasteiger partial charge on any atom is 0.270 e. The summed E-state index contributed by atoms with van der Waals surface area (Å²) in [7, 11) is 0. The van der Waals surface area contributed by atoms with E-state index in [1.54, 1.807) is 12.1 Å². The van der Waals surface area contributed by atoms with Crippen LogP contribution in [0, 0.1) is 10.1 Å². The summed E-state index contributed by atoms with van der Waals surface area (Å²) in [5.41, 5.74) is 5.13. The Morgan fingerprint density at radius 3 is 2.85 bits per heavy atom. The average molecular weight is 378 g/mol. The van der Waals surface area contributed by atoms with Crippen molar-refractivity contribution in [1.82, 2.24) is 4.68 Å². The highest BCUT2D eigenvalue weighted by Gasteiger charge is 2.19. The number of hydrogen-bond donors (Lipinski definition) is 0. The van der Waals surface area contributed by atoms with Gasteiger partial charge >= 0.3 is 0 Å². The van der Waals surface area contributed by atoms with E-state index in [4.69, 9.17) is 5.10 Å². The molecule has 0 fully saturated rings. The number of hydrogen-bond acceptors (Lipinski definition) is 5. The Morgan fingerprint density at radius 1 is 1.19 bits per heavy atom. The number of nitro benzene ring substituents is 1. The molecule has 6 nitrogen and oxygen atoms in total. The van der Waals surface area contributed by atoms with Crippen molar-refractivity contribution in [1.29, 1.82) is 0 Å². The second-order valence-corrected chi connectivity index (χ2v) is 7.04. The zero-order valence-corrected chi connectivity index (χ0v) is 15.6. The fraction of sp³-hybridized carbons (Fsp3) is 0.200. The van der Waals surface area contributed by atoms with Crippen molar-refractivity contribution >= 4 is 22.7 Å². The summed E-state index contributed by atoms with van der Waals surface area (Å²) in [5, 5.41) is 18.0. The van der Waals surface area contributed by atoms with E-state index in [-0.39, 0.29) is 10.6 Å². The summed E-state index contributed by atoms with van der Waals surface area (Å²) < 4.78 is 1.82. The minimum Gasteiger partial charge on any atom is -0.258 e. The molecule has 0 aliphatic heterocycles.